The second kappa shape index (κ2) is 12.9. The summed E-state index contributed by atoms with van der Waals surface area (Å²) in [4.78, 5) is 39.9. The molecule has 11 nitrogen and oxygen atoms in total. The highest BCUT2D eigenvalue weighted by Gasteiger charge is 2.24. The molecule has 33 heavy (non-hydrogen) atoms. The fourth-order valence-electron chi connectivity index (χ4n) is 2.98. The number of aliphatic carboxylic acids is 1. The molecular weight excluding hydrogens is 450 g/mol. The molecule has 2 amide bonds. The molecule has 1 aliphatic rings. The topological polar surface area (TPSA) is 166 Å². The summed E-state index contributed by atoms with van der Waals surface area (Å²) in [6.45, 7) is 2.90. The van der Waals surface area contributed by atoms with Crippen LogP contribution >= 0.6 is 0 Å². The van der Waals surface area contributed by atoms with Crippen molar-refractivity contribution in [1.29, 1.82) is 0 Å². The van der Waals surface area contributed by atoms with E-state index >= 15 is 0 Å². The Balaban J connectivity index is 1.82. The Morgan fingerprint density at radius 2 is 1.94 bits per heavy atom. The third-order valence-electron chi connectivity index (χ3n) is 4.87. The van der Waals surface area contributed by atoms with Crippen LogP contribution in [0.25, 0.3) is 0 Å². The molecule has 12 heteroatoms. The zero-order valence-electron chi connectivity index (χ0n) is 18.6. The smallest absolute Gasteiger partial charge is 0.323 e. The molecule has 1 atom stereocenters. The van der Waals surface area contributed by atoms with Crippen LogP contribution < -0.4 is 20.7 Å². The molecule has 0 aromatic heterocycles. The van der Waals surface area contributed by atoms with Crippen LogP contribution in [0.3, 0.4) is 0 Å². The molecular formula is C21H31N5O6S. The van der Waals surface area contributed by atoms with Crippen LogP contribution in [0.15, 0.2) is 29.3 Å². The Hall–Kier alpha value is -2.99. The van der Waals surface area contributed by atoms with Crippen LogP contribution in [-0.4, -0.2) is 68.7 Å². The number of carboxylic acids is 1. The number of hydrogen-bond donors (Lipinski definition) is 5. The molecule has 0 bridgehead atoms. The maximum Gasteiger partial charge on any atom is 0.323 e. The molecule has 1 aliphatic heterocycles. The number of carbonyl (C=O) groups excluding carboxylic acids is 2. The first kappa shape index (κ1) is 26.3. The van der Waals surface area contributed by atoms with Gasteiger partial charge >= 0.3 is 5.97 Å². The predicted octanol–water partition coefficient (Wildman–Crippen LogP) is -0.0128. The zero-order chi connectivity index (χ0) is 24.3. The second-order valence-corrected chi connectivity index (χ2v) is 9.52. The van der Waals surface area contributed by atoms with Gasteiger partial charge in [0, 0.05) is 31.6 Å². The van der Waals surface area contributed by atoms with Crippen LogP contribution in [0.4, 0.5) is 0 Å². The van der Waals surface area contributed by atoms with Crippen molar-refractivity contribution in [3.8, 4) is 0 Å². The lowest BCUT2D eigenvalue weighted by Crippen LogP contribution is -2.48. The van der Waals surface area contributed by atoms with Crippen molar-refractivity contribution in [3.63, 3.8) is 0 Å². The van der Waals surface area contributed by atoms with E-state index in [1.165, 1.54) is 0 Å². The summed E-state index contributed by atoms with van der Waals surface area (Å²) in [5.74, 6) is -1.75. The Morgan fingerprint density at radius 3 is 2.55 bits per heavy atom. The number of unbranched alkanes of at least 4 members (excludes halogenated alkanes) is 1. The lowest BCUT2D eigenvalue weighted by molar-refractivity contribution is -0.138. The van der Waals surface area contributed by atoms with Gasteiger partial charge in [-0.3, -0.25) is 24.7 Å². The number of guanidine groups is 1. The highest BCUT2D eigenvalue weighted by Crippen LogP contribution is 2.07. The highest BCUT2D eigenvalue weighted by atomic mass is 32.2. The van der Waals surface area contributed by atoms with E-state index in [1.54, 1.807) is 24.3 Å². The first-order valence-corrected chi connectivity index (χ1v) is 12.5. The third-order valence-corrected chi connectivity index (χ3v) is 6.33. The van der Waals surface area contributed by atoms with Gasteiger partial charge in [0.2, 0.25) is 15.9 Å². The van der Waals surface area contributed by atoms with Crippen molar-refractivity contribution in [2.75, 3.05) is 25.4 Å². The minimum Gasteiger partial charge on any atom is -0.480 e. The molecule has 0 saturated heterocycles. The van der Waals surface area contributed by atoms with Gasteiger partial charge in [-0.15, -0.1) is 0 Å². The Kier molecular flexibility index (Phi) is 10.3. The van der Waals surface area contributed by atoms with Crippen molar-refractivity contribution >= 4 is 33.8 Å². The predicted molar refractivity (Wildman–Crippen MR) is 123 cm³/mol. The van der Waals surface area contributed by atoms with E-state index in [0.29, 0.717) is 37.3 Å². The maximum absolute atomic E-state index is 12.3. The molecule has 2 rings (SSSR count). The van der Waals surface area contributed by atoms with Gasteiger partial charge in [-0.25, -0.2) is 8.42 Å². The van der Waals surface area contributed by atoms with E-state index in [0.717, 1.165) is 18.5 Å². The van der Waals surface area contributed by atoms with E-state index < -0.39 is 27.9 Å². The summed E-state index contributed by atoms with van der Waals surface area (Å²) in [5, 5.41) is 17.4. The van der Waals surface area contributed by atoms with Gasteiger partial charge < -0.3 is 15.7 Å². The van der Waals surface area contributed by atoms with Gasteiger partial charge in [-0.1, -0.05) is 25.5 Å². The van der Waals surface area contributed by atoms with Gasteiger partial charge in [0.05, 0.1) is 5.75 Å². The van der Waals surface area contributed by atoms with Crippen LogP contribution in [0, 0.1) is 0 Å². The first-order chi connectivity index (χ1) is 15.7. The number of hydrogen-bond acceptors (Lipinski definition) is 7. The highest BCUT2D eigenvalue weighted by molar-refractivity contribution is 7.89. The molecule has 0 radical (unpaired) electrons. The number of nitrogens with zero attached hydrogens (tertiary/aromatic N) is 1. The molecule has 0 fully saturated rings. The van der Waals surface area contributed by atoms with E-state index in [-0.39, 0.29) is 24.6 Å². The molecule has 182 valence electrons. The number of nitrogens with one attached hydrogen (secondary N) is 4. The van der Waals surface area contributed by atoms with Crippen molar-refractivity contribution in [1.82, 2.24) is 20.7 Å². The fraction of sp³-hybridized carbons (Fsp3) is 0.524. The average Bonchev–Trinajstić information content (AvgIpc) is 2.79. The van der Waals surface area contributed by atoms with E-state index in [4.69, 9.17) is 0 Å². The molecule has 1 aromatic rings. The van der Waals surface area contributed by atoms with Crippen LogP contribution in [0.1, 0.15) is 48.5 Å². The number of sulfonamides is 1. The number of carboxylic acid groups (broad SMARTS) is 1. The molecule has 0 aliphatic carbocycles. The van der Waals surface area contributed by atoms with Crippen molar-refractivity contribution in [2.24, 2.45) is 4.99 Å². The largest absolute Gasteiger partial charge is 0.480 e. The molecule has 0 spiro atoms. The Morgan fingerprint density at radius 1 is 1.21 bits per heavy atom. The lowest BCUT2D eigenvalue weighted by Gasteiger charge is -2.15. The average molecular weight is 482 g/mol. The maximum atomic E-state index is 12.3. The quantitative estimate of drug-likeness (QED) is 0.280. The minimum atomic E-state index is -3.76. The van der Waals surface area contributed by atoms with Gasteiger partial charge in [0.15, 0.2) is 5.96 Å². The first-order valence-electron chi connectivity index (χ1n) is 10.9. The lowest BCUT2D eigenvalue weighted by atomic mass is 10.1. The standard InChI is InChI=1S/C21H31N5O6S/c1-2-3-13-33(31,32)26-17(20(29)30)14-24-19(28)16-8-5-15(6-9-16)7-10-18(27)25-21-22-11-4-12-23-21/h5-6,8-9,17,26H,2-4,7,10-14H2,1H3,(H,24,28)(H,29,30)(H2,22,23,25,27)/t17-/m0/s1. The summed E-state index contributed by atoms with van der Waals surface area (Å²) in [5.41, 5.74) is 1.15. The van der Waals surface area contributed by atoms with Gasteiger partial charge in [0.1, 0.15) is 6.04 Å². The second-order valence-electron chi connectivity index (χ2n) is 7.65. The number of carbonyl (C=O) groups is 3. The molecule has 0 saturated carbocycles. The summed E-state index contributed by atoms with van der Waals surface area (Å²) >= 11 is 0. The van der Waals surface area contributed by atoms with Crippen LogP contribution in [-0.2, 0) is 26.0 Å². The molecule has 1 aromatic carbocycles. The fourth-order valence-corrected chi connectivity index (χ4v) is 4.38. The SMILES string of the molecule is CCCCS(=O)(=O)N[C@@H](CNC(=O)c1ccc(CCC(=O)NC2=NCCCN2)cc1)C(=O)O. The van der Waals surface area contributed by atoms with Gasteiger partial charge in [0.25, 0.3) is 5.91 Å². The van der Waals surface area contributed by atoms with Crippen LogP contribution in [0.5, 0.6) is 0 Å². The van der Waals surface area contributed by atoms with Crippen LogP contribution in [0.2, 0.25) is 0 Å². The molecule has 5 N–H and O–H groups in total. The summed E-state index contributed by atoms with van der Waals surface area (Å²) < 4.78 is 26.0. The monoisotopic (exact) mass is 481 g/mol. The van der Waals surface area contributed by atoms with Crippen molar-refractivity contribution in [2.45, 2.75) is 45.1 Å². The minimum absolute atomic E-state index is 0.161. The van der Waals surface area contributed by atoms with E-state index in [9.17, 15) is 27.9 Å². The zero-order valence-corrected chi connectivity index (χ0v) is 19.4. The third kappa shape index (κ3) is 9.58. The Bertz CT molecular complexity index is 962. The molecule has 0 unspecified atom stereocenters. The van der Waals surface area contributed by atoms with Gasteiger partial charge in [-0.2, -0.15) is 4.72 Å². The summed E-state index contributed by atoms with van der Waals surface area (Å²) in [7, 11) is -3.76. The van der Waals surface area contributed by atoms with E-state index in [2.05, 4.69) is 25.7 Å². The normalized spacial score (nSPS) is 14.5. The Labute approximate surface area is 193 Å². The summed E-state index contributed by atoms with van der Waals surface area (Å²) in [6.07, 6.45) is 2.73. The number of benzene rings is 1. The number of rotatable bonds is 12. The number of amides is 2. The number of aliphatic imine (C=N–C) groups is 1. The number of aryl methyl sites for hydroxylation is 1. The van der Waals surface area contributed by atoms with Crippen molar-refractivity contribution in [3.05, 3.63) is 35.4 Å². The molecule has 1 heterocycles. The van der Waals surface area contributed by atoms with Gasteiger partial charge in [-0.05, 0) is 37.0 Å². The summed E-state index contributed by atoms with van der Waals surface area (Å²) in [6, 6.07) is 5.09. The van der Waals surface area contributed by atoms with Crippen molar-refractivity contribution < 1.29 is 27.9 Å². The van der Waals surface area contributed by atoms with E-state index in [1.807, 2.05) is 6.92 Å².